The molecule has 1 N–H and O–H groups in total. The Bertz CT molecular complexity index is 1110. The number of anilines is 1. The molecule has 1 saturated heterocycles. The number of thioether (sulfide) groups is 1. The molecule has 0 aromatic heterocycles. The molecule has 3 rings (SSSR count). The Labute approximate surface area is 211 Å². The van der Waals surface area contributed by atoms with E-state index in [1.165, 1.54) is 0 Å². The molecule has 3 amide bonds. The summed E-state index contributed by atoms with van der Waals surface area (Å²) in [5, 5.41) is 2.28. The molecule has 2 aromatic rings. The van der Waals surface area contributed by atoms with E-state index in [1.54, 1.807) is 12.1 Å². The lowest BCUT2D eigenvalue weighted by molar-refractivity contribution is -0.127. The lowest BCUT2D eigenvalue weighted by Crippen LogP contribution is -2.36. The molecule has 0 radical (unpaired) electrons. The van der Waals surface area contributed by atoms with Crippen LogP contribution < -0.4 is 14.8 Å². The lowest BCUT2D eigenvalue weighted by atomic mass is 10.1. The zero-order valence-electron chi connectivity index (χ0n) is 18.9. The van der Waals surface area contributed by atoms with Crippen molar-refractivity contribution in [1.29, 1.82) is 0 Å². The molecule has 0 saturated carbocycles. The summed E-state index contributed by atoms with van der Waals surface area (Å²) in [7, 11) is 0. The number of amides is 3. The Kier molecular flexibility index (Phi) is 8.41. The number of nitrogens with one attached hydrogen (secondary N) is 1. The molecule has 0 aliphatic carbocycles. The molecular weight excluding hydrogens is 555 g/mol. The number of rotatable bonds is 8. The molecule has 1 heterocycles. The summed E-state index contributed by atoms with van der Waals surface area (Å²) in [6.07, 6.45) is 1.63. The Hall–Kier alpha value is -2.53. The molecular formula is C24H25IN2O5S. The fourth-order valence-corrected chi connectivity index (χ4v) is 5.02. The molecule has 9 heteroatoms. The maximum absolute atomic E-state index is 12.9. The SMILES string of the molecule is CCOc1cc(/C=C2/SC(=O)N(CC(=O)Nc3cc(C)cc(C)c3)C2=O)cc(I)c1OCC. The van der Waals surface area contributed by atoms with Gasteiger partial charge in [-0.25, -0.2) is 0 Å². The number of carbonyl (C=O) groups is 3. The number of ether oxygens (including phenoxy) is 2. The minimum Gasteiger partial charge on any atom is -0.490 e. The largest absolute Gasteiger partial charge is 0.490 e. The van der Waals surface area contributed by atoms with E-state index in [4.69, 9.17) is 9.47 Å². The van der Waals surface area contributed by atoms with Gasteiger partial charge < -0.3 is 14.8 Å². The maximum Gasteiger partial charge on any atom is 0.294 e. The number of hydrogen-bond donors (Lipinski definition) is 1. The first-order valence-electron chi connectivity index (χ1n) is 10.4. The molecule has 174 valence electrons. The van der Waals surface area contributed by atoms with Crippen molar-refractivity contribution in [2.45, 2.75) is 27.7 Å². The predicted octanol–water partition coefficient (Wildman–Crippen LogP) is 5.38. The van der Waals surface area contributed by atoms with Gasteiger partial charge in [-0.1, -0.05) is 6.07 Å². The molecule has 0 spiro atoms. The van der Waals surface area contributed by atoms with E-state index in [0.717, 1.165) is 31.4 Å². The van der Waals surface area contributed by atoms with E-state index in [0.29, 0.717) is 36.0 Å². The molecule has 1 aliphatic rings. The molecule has 2 aromatic carbocycles. The highest BCUT2D eigenvalue weighted by molar-refractivity contribution is 14.1. The Morgan fingerprint density at radius 2 is 1.73 bits per heavy atom. The van der Waals surface area contributed by atoms with Crippen LogP contribution >= 0.6 is 34.4 Å². The number of imide groups is 1. The molecule has 1 fully saturated rings. The van der Waals surface area contributed by atoms with Crippen molar-refractivity contribution in [3.8, 4) is 11.5 Å². The zero-order valence-corrected chi connectivity index (χ0v) is 21.8. The number of aryl methyl sites for hydroxylation is 2. The van der Waals surface area contributed by atoms with Gasteiger partial charge in [0, 0.05) is 5.69 Å². The summed E-state index contributed by atoms with van der Waals surface area (Å²) in [5.41, 5.74) is 3.36. The van der Waals surface area contributed by atoms with Gasteiger partial charge in [0.25, 0.3) is 11.1 Å². The van der Waals surface area contributed by atoms with Crippen molar-refractivity contribution in [2.75, 3.05) is 25.1 Å². The summed E-state index contributed by atoms with van der Waals surface area (Å²) in [6.45, 7) is 8.26. The summed E-state index contributed by atoms with van der Waals surface area (Å²) < 4.78 is 12.2. The third-order valence-corrected chi connectivity index (χ3v) is 6.31. The van der Waals surface area contributed by atoms with Crippen LogP contribution in [0.5, 0.6) is 11.5 Å². The Balaban J connectivity index is 1.77. The normalized spacial score (nSPS) is 14.7. The standard InChI is InChI=1S/C24H25IN2O5S/c1-5-31-19-11-16(10-18(25)22(19)32-6-2)12-20-23(29)27(24(30)33-20)13-21(28)26-17-8-14(3)7-15(4)9-17/h7-12H,5-6,13H2,1-4H3,(H,26,28)/b20-12+. The number of halogens is 1. The van der Waals surface area contributed by atoms with Gasteiger partial charge in [-0.15, -0.1) is 0 Å². The number of hydrogen-bond acceptors (Lipinski definition) is 6. The van der Waals surface area contributed by atoms with Crippen LogP contribution in [0.2, 0.25) is 0 Å². The minimum atomic E-state index is -0.498. The fourth-order valence-electron chi connectivity index (χ4n) is 3.40. The number of nitrogens with zero attached hydrogens (tertiary/aromatic N) is 1. The van der Waals surface area contributed by atoms with Crippen LogP contribution in [0.1, 0.15) is 30.5 Å². The van der Waals surface area contributed by atoms with Crippen molar-refractivity contribution in [2.24, 2.45) is 0 Å². The predicted molar refractivity (Wildman–Crippen MR) is 139 cm³/mol. The molecule has 0 bridgehead atoms. The number of benzene rings is 2. The van der Waals surface area contributed by atoms with Gasteiger partial charge in [-0.3, -0.25) is 19.3 Å². The monoisotopic (exact) mass is 580 g/mol. The Morgan fingerprint density at radius 1 is 1.06 bits per heavy atom. The van der Waals surface area contributed by atoms with Crippen molar-refractivity contribution in [1.82, 2.24) is 4.90 Å². The zero-order chi connectivity index (χ0) is 24.1. The van der Waals surface area contributed by atoms with Crippen LogP contribution in [-0.4, -0.2) is 41.7 Å². The number of carbonyl (C=O) groups excluding carboxylic acids is 3. The van der Waals surface area contributed by atoms with E-state index in [-0.39, 0.29) is 11.4 Å². The second kappa shape index (κ2) is 11.1. The van der Waals surface area contributed by atoms with Crippen LogP contribution in [0, 0.1) is 17.4 Å². The molecule has 0 atom stereocenters. The van der Waals surface area contributed by atoms with Gasteiger partial charge in [0.05, 0.1) is 21.7 Å². The van der Waals surface area contributed by atoms with Crippen LogP contribution in [0.15, 0.2) is 35.2 Å². The van der Waals surface area contributed by atoms with E-state index in [9.17, 15) is 14.4 Å². The van der Waals surface area contributed by atoms with Gasteiger partial charge in [0.1, 0.15) is 6.54 Å². The average molecular weight is 580 g/mol. The molecule has 1 aliphatic heterocycles. The van der Waals surface area contributed by atoms with Gasteiger partial charge in [0.15, 0.2) is 11.5 Å². The first kappa shape index (κ1) is 25.1. The van der Waals surface area contributed by atoms with Crippen molar-refractivity contribution < 1.29 is 23.9 Å². The highest BCUT2D eigenvalue weighted by Gasteiger charge is 2.36. The summed E-state index contributed by atoms with van der Waals surface area (Å²) in [5.74, 6) is 0.290. The smallest absolute Gasteiger partial charge is 0.294 e. The molecule has 7 nitrogen and oxygen atoms in total. The van der Waals surface area contributed by atoms with Gasteiger partial charge >= 0.3 is 0 Å². The topological polar surface area (TPSA) is 84.9 Å². The second-order valence-corrected chi connectivity index (χ2v) is 9.54. The van der Waals surface area contributed by atoms with E-state index in [2.05, 4.69) is 27.9 Å². The second-order valence-electron chi connectivity index (χ2n) is 7.39. The van der Waals surface area contributed by atoms with Crippen LogP contribution in [-0.2, 0) is 9.59 Å². The van der Waals surface area contributed by atoms with Gasteiger partial charge in [0.2, 0.25) is 5.91 Å². The van der Waals surface area contributed by atoms with E-state index in [1.807, 2.05) is 52.0 Å². The highest BCUT2D eigenvalue weighted by atomic mass is 127. The van der Waals surface area contributed by atoms with E-state index < -0.39 is 17.1 Å². The van der Waals surface area contributed by atoms with Gasteiger partial charge in [-0.05, 0) is 109 Å². The maximum atomic E-state index is 12.9. The van der Waals surface area contributed by atoms with Crippen LogP contribution in [0.3, 0.4) is 0 Å². The average Bonchev–Trinajstić information content (AvgIpc) is 2.97. The summed E-state index contributed by atoms with van der Waals surface area (Å²) in [6, 6.07) is 9.30. The lowest BCUT2D eigenvalue weighted by Gasteiger charge is -2.14. The van der Waals surface area contributed by atoms with E-state index >= 15 is 0 Å². The van der Waals surface area contributed by atoms with Crippen molar-refractivity contribution >= 4 is 63.2 Å². The summed E-state index contributed by atoms with van der Waals surface area (Å²) in [4.78, 5) is 39.0. The first-order chi connectivity index (χ1) is 15.7. The summed E-state index contributed by atoms with van der Waals surface area (Å²) >= 11 is 2.96. The van der Waals surface area contributed by atoms with Crippen molar-refractivity contribution in [3.05, 3.63) is 55.5 Å². The fraction of sp³-hybridized carbons (Fsp3) is 0.292. The molecule has 0 unspecified atom stereocenters. The third kappa shape index (κ3) is 6.29. The third-order valence-electron chi connectivity index (χ3n) is 4.60. The minimum absolute atomic E-state index is 0.251. The molecule has 33 heavy (non-hydrogen) atoms. The quantitative estimate of drug-likeness (QED) is 0.334. The highest BCUT2D eigenvalue weighted by Crippen LogP contribution is 2.37. The van der Waals surface area contributed by atoms with Gasteiger partial charge in [-0.2, -0.15) is 0 Å². The van der Waals surface area contributed by atoms with Crippen molar-refractivity contribution in [3.63, 3.8) is 0 Å². The van der Waals surface area contributed by atoms with Crippen LogP contribution in [0.4, 0.5) is 10.5 Å². The first-order valence-corrected chi connectivity index (χ1v) is 12.3. The van der Waals surface area contributed by atoms with Crippen LogP contribution in [0.25, 0.3) is 6.08 Å². The Morgan fingerprint density at radius 3 is 2.36 bits per heavy atom.